The van der Waals surface area contributed by atoms with Crippen molar-refractivity contribution in [1.29, 1.82) is 0 Å². The highest BCUT2D eigenvalue weighted by atomic mass is 16.6. The van der Waals surface area contributed by atoms with Crippen LogP contribution < -0.4 is 9.47 Å². The Morgan fingerprint density at radius 2 is 1.68 bits per heavy atom. The number of non-ortho nitro benzene ring substituents is 1. The summed E-state index contributed by atoms with van der Waals surface area (Å²) in [5, 5.41) is 10.6. The molecule has 0 atom stereocenters. The standard InChI is InChI=1S/C14H13NO4/c1-10-9-11(15(16)17)3-8-14(10)19-13-6-4-12(18-2)5-7-13/h3-9H,1-2H3. The van der Waals surface area contributed by atoms with Gasteiger partial charge in [0.2, 0.25) is 0 Å². The summed E-state index contributed by atoms with van der Waals surface area (Å²) in [7, 11) is 1.59. The zero-order valence-electron chi connectivity index (χ0n) is 10.6. The monoisotopic (exact) mass is 259 g/mol. The summed E-state index contributed by atoms with van der Waals surface area (Å²) in [6, 6.07) is 11.6. The van der Waals surface area contributed by atoms with E-state index in [1.54, 1.807) is 44.4 Å². The van der Waals surface area contributed by atoms with Crippen LogP contribution in [-0.4, -0.2) is 12.0 Å². The first-order valence-corrected chi connectivity index (χ1v) is 5.67. The van der Waals surface area contributed by atoms with Gasteiger partial charge in [0.05, 0.1) is 12.0 Å². The van der Waals surface area contributed by atoms with Gasteiger partial charge in [-0.05, 0) is 42.8 Å². The Hall–Kier alpha value is -2.56. The van der Waals surface area contributed by atoms with Crippen molar-refractivity contribution < 1.29 is 14.4 Å². The van der Waals surface area contributed by atoms with E-state index in [1.807, 2.05) is 0 Å². The molecule has 0 heterocycles. The minimum absolute atomic E-state index is 0.0552. The van der Waals surface area contributed by atoms with Gasteiger partial charge in [0.15, 0.2) is 0 Å². The SMILES string of the molecule is COc1ccc(Oc2ccc([N+](=O)[O-])cc2C)cc1. The van der Waals surface area contributed by atoms with Gasteiger partial charge < -0.3 is 9.47 Å². The molecule has 0 radical (unpaired) electrons. The van der Waals surface area contributed by atoms with Gasteiger partial charge in [-0.15, -0.1) is 0 Å². The molecule has 2 aromatic rings. The number of aryl methyl sites for hydroxylation is 1. The van der Waals surface area contributed by atoms with E-state index in [0.29, 0.717) is 17.1 Å². The Morgan fingerprint density at radius 3 is 2.21 bits per heavy atom. The molecule has 2 aromatic carbocycles. The van der Waals surface area contributed by atoms with Crippen LogP contribution in [0.4, 0.5) is 5.69 Å². The summed E-state index contributed by atoms with van der Waals surface area (Å²) in [6.45, 7) is 1.77. The van der Waals surface area contributed by atoms with Crippen molar-refractivity contribution in [3.8, 4) is 17.2 Å². The number of nitrogens with zero attached hydrogens (tertiary/aromatic N) is 1. The first kappa shape index (κ1) is 12.9. The van der Waals surface area contributed by atoms with Gasteiger partial charge in [0.25, 0.3) is 5.69 Å². The highest BCUT2D eigenvalue weighted by molar-refractivity contribution is 5.45. The molecule has 0 aliphatic rings. The molecular weight excluding hydrogens is 246 g/mol. The predicted octanol–water partition coefficient (Wildman–Crippen LogP) is 3.70. The highest BCUT2D eigenvalue weighted by Gasteiger charge is 2.09. The van der Waals surface area contributed by atoms with Crippen LogP contribution in [0.5, 0.6) is 17.2 Å². The van der Waals surface area contributed by atoms with Gasteiger partial charge in [-0.25, -0.2) is 0 Å². The second-order valence-electron chi connectivity index (χ2n) is 3.98. The minimum atomic E-state index is -0.426. The van der Waals surface area contributed by atoms with Gasteiger partial charge in [0, 0.05) is 12.1 Å². The molecule has 19 heavy (non-hydrogen) atoms. The van der Waals surface area contributed by atoms with E-state index >= 15 is 0 Å². The van der Waals surface area contributed by atoms with Crippen LogP contribution in [0.3, 0.4) is 0 Å². The topological polar surface area (TPSA) is 61.6 Å². The third-order valence-electron chi connectivity index (χ3n) is 2.66. The van der Waals surface area contributed by atoms with Crippen LogP contribution in [-0.2, 0) is 0 Å². The number of rotatable bonds is 4. The second-order valence-corrected chi connectivity index (χ2v) is 3.98. The van der Waals surface area contributed by atoms with E-state index in [2.05, 4.69) is 0 Å². The van der Waals surface area contributed by atoms with Gasteiger partial charge in [-0.2, -0.15) is 0 Å². The maximum Gasteiger partial charge on any atom is 0.269 e. The summed E-state index contributed by atoms with van der Waals surface area (Å²) in [5.74, 6) is 1.99. The average molecular weight is 259 g/mol. The molecule has 0 saturated carbocycles. The minimum Gasteiger partial charge on any atom is -0.497 e. The smallest absolute Gasteiger partial charge is 0.269 e. The van der Waals surface area contributed by atoms with Gasteiger partial charge >= 0.3 is 0 Å². The highest BCUT2D eigenvalue weighted by Crippen LogP contribution is 2.28. The third-order valence-corrected chi connectivity index (χ3v) is 2.66. The van der Waals surface area contributed by atoms with Crippen molar-refractivity contribution in [2.45, 2.75) is 6.92 Å². The van der Waals surface area contributed by atoms with E-state index in [4.69, 9.17) is 9.47 Å². The molecule has 0 aliphatic carbocycles. The number of hydrogen-bond acceptors (Lipinski definition) is 4. The Kier molecular flexibility index (Phi) is 3.66. The molecule has 0 unspecified atom stereocenters. The number of ether oxygens (including phenoxy) is 2. The summed E-state index contributed by atoms with van der Waals surface area (Å²) < 4.78 is 10.7. The van der Waals surface area contributed by atoms with Crippen molar-refractivity contribution in [2.75, 3.05) is 7.11 Å². The molecule has 5 heteroatoms. The molecule has 2 rings (SSSR count). The van der Waals surface area contributed by atoms with Crippen LogP contribution in [0, 0.1) is 17.0 Å². The fourth-order valence-electron chi connectivity index (χ4n) is 1.63. The maximum absolute atomic E-state index is 10.6. The zero-order valence-corrected chi connectivity index (χ0v) is 10.6. The lowest BCUT2D eigenvalue weighted by Gasteiger charge is -2.09. The lowest BCUT2D eigenvalue weighted by atomic mass is 10.2. The molecule has 0 N–H and O–H groups in total. The molecule has 0 saturated heterocycles. The summed E-state index contributed by atoms with van der Waals surface area (Å²) in [5.41, 5.74) is 0.768. The fourth-order valence-corrected chi connectivity index (χ4v) is 1.63. The third kappa shape index (κ3) is 3.01. The van der Waals surface area contributed by atoms with Crippen molar-refractivity contribution in [1.82, 2.24) is 0 Å². The van der Waals surface area contributed by atoms with Gasteiger partial charge in [0.1, 0.15) is 17.2 Å². The summed E-state index contributed by atoms with van der Waals surface area (Å²) in [4.78, 5) is 10.2. The van der Waals surface area contributed by atoms with E-state index in [9.17, 15) is 10.1 Å². The summed E-state index contributed by atoms with van der Waals surface area (Å²) >= 11 is 0. The zero-order chi connectivity index (χ0) is 13.8. The van der Waals surface area contributed by atoms with Crippen LogP contribution in [0.2, 0.25) is 0 Å². The second kappa shape index (κ2) is 5.39. The Morgan fingerprint density at radius 1 is 1.05 bits per heavy atom. The van der Waals surface area contributed by atoms with Crippen molar-refractivity contribution in [3.63, 3.8) is 0 Å². The van der Waals surface area contributed by atoms with Crippen LogP contribution >= 0.6 is 0 Å². The van der Waals surface area contributed by atoms with Crippen LogP contribution in [0.15, 0.2) is 42.5 Å². The molecule has 0 fully saturated rings. The van der Waals surface area contributed by atoms with E-state index in [-0.39, 0.29) is 5.69 Å². The van der Waals surface area contributed by atoms with Gasteiger partial charge in [-0.3, -0.25) is 10.1 Å². The van der Waals surface area contributed by atoms with Crippen molar-refractivity contribution in [2.24, 2.45) is 0 Å². The number of benzene rings is 2. The van der Waals surface area contributed by atoms with Crippen LogP contribution in [0.1, 0.15) is 5.56 Å². The van der Waals surface area contributed by atoms with E-state index in [1.165, 1.54) is 12.1 Å². The Bertz CT molecular complexity index is 593. The number of nitro groups is 1. The molecule has 0 amide bonds. The summed E-state index contributed by atoms with van der Waals surface area (Å²) in [6.07, 6.45) is 0. The predicted molar refractivity (Wildman–Crippen MR) is 70.9 cm³/mol. The van der Waals surface area contributed by atoms with E-state index < -0.39 is 4.92 Å². The van der Waals surface area contributed by atoms with Crippen LogP contribution in [0.25, 0.3) is 0 Å². The molecule has 0 bridgehead atoms. The normalized spacial score (nSPS) is 10.0. The first-order chi connectivity index (χ1) is 9.10. The molecule has 98 valence electrons. The number of nitro benzene ring substituents is 1. The Labute approximate surface area is 110 Å². The average Bonchev–Trinajstić information content (AvgIpc) is 2.41. The van der Waals surface area contributed by atoms with E-state index in [0.717, 1.165) is 5.75 Å². The molecule has 0 spiro atoms. The molecular formula is C14H13NO4. The Balaban J connectivity index is 2.20. The lowest BCUT2D eigenvalue weighted by Crippen LogP contribution is -1.92. The lowest BCUT2D eigenvalue weighted by molar-refractivity contribution is -0.384. The number of hydrogen-bond donors (Lipinski definition) is 0. The van der Waals surface area contributed by atoms with Gasteiger partial charge in [-0.1, -0.05) is 0 Å². The largest absolute Gasteiger partial charge is 0.497 e. The maximum atomic E-state index is 10.6. The number of methoxy groups -OCH3 is 1. The quantitative estimate of drug-likeness (QED) is 0.620. The van der Waals surface area contributed by atoms with Crippen molar-refractivity contribution >= 4 is 5.69 Å². The molecule has 0 aromatic heterocycles. The van der Waals surface area contributed by atoms with Crippen molar-refractivity contribution in [3.05, 3.63) is 58.1 Å². The first-order valence-electron chi connectivity index (χ1n) is 5.67. The molecule has 0 aliphatic heterocycles. The fraction of sp³-hybridized carbons (Fsp3) is 0.143. The molecule has 5 nitrogen and oxygen atoms in total.